The van der Waals surface area contributed by atoms with Crippen molar-refractivity contribution < 1.29 is 9.90 Å². The minimum Gasteiger partial charge on any atom is -0.478 e. The SMILES string of the molecule is CCCn1nccc1-c1ccc(Br)cc1C(=O)O. The van der Waals surface area contributed by atoms with E-state index in [4.69, 9.17) is 0 Å². The van der Waals surface area contributed by atoms with Crippen molar-refractivity contribution in [2.24, 2.45) is 0 Å². The lowest BCUT2D eigenvalue weighted by Crippen LogP contribution is -2.05. The second-order valence-electron chi connectivity index (χ2n) is 3.93. The molecular weight excluding hydrogens is 296 g/mol. The highest BCUT2D eigenvalue weighted by Gasteiger charge is 2.15. The van der Waals surface area contributed by atoms with Crippen molar-refractivity contribution in [3.63, 3.8) is 0 Å². The number of aryl methyl sites for hydroxylation is 1. The van der Waals surface area contributed by atoms with Gasteiger partial charge in [-0.2, -0.15) is 5.10 Å². The van der Waals surface area contributed by atoms with E-state index < -0.39 is 5.97 Å². The van der Waals surface area contributed by atoms with E-state index in [-0.39, 0.29) is 5.56 Å². The van der Waals surface area contributed by atoms with E-state index in [9.17, 15) is 9.90 Å². The van der Waals surface area contributed by atoms with Crippen LogP contribution in [0.2, 0.25) is 0 Å². The maximum absolute atomic E-state index is 11.3. The summed E-state index contributed by atoms with van der Waals surface area (Å²) in [5, 5.41) is 13.5. The molecule has 0 aliphatic heterocycles. The van der Waals surface area contributed by atoms with Crippen LogP contribution in [0.4, 0.5) is 0 Å². The monoisotopic (exact) mass is 308 g/mol. The molecule has 94 valence electrons. The average molecular weight is 309 g/mol. The maximum atomic E-state index is 11.3. The third kappa shape index (κ3) is 2.46. The molecule has 0 atom stereocenters. The first-order valence-corrected chi connectivity index (χ1v) is 6.47. The molecule has 1 aromatic heterocycles. The van der Waals surface area contributed by atoms with Crippen molar-refractivity contribution >= 4 is 21.9 Å². The number of nitrogens with zero attached hydrogens (tertiary/aromatic N) is 2. The van der Waals surface area contributed by atoms with Crippen LogP contribution in [0.5, 0.6) is 0 Å². The number of halogens is 1. The molecule has 1 heterocycles. The highest BCUT2D eigenvalue weighted by molar-refractivity contribution is 9.10. The van der Waals surface area contributed by atoms with Crippen LogP contribution in [-0.4, -0.2) is 20.9 Å². The predicted octanol–water partition coefficient (Wildman–Crippen LogP) is 3.42. The van der Waals surface area contributed by atoms with Gasteiger partial charge in [0.25, 0.3) is 0 Å². The van der Waals surface area contributed by atoms with E-state index in [1.807, 2.05) is 16.8 Å². The molecule has 18 heavy (non-hydrogen) atoms. The van der Waals surface area contributed by atoms with Crippen LogP contribution in [-0.2, 0) is 6.54 Å². The van der Waals surface area contributed by atoms with Gasteiger partial charge in [0.15, 0.2) is 0 Å². The van der Waals surface area contributed by atoms with Gasteiger partial charge in [0.2, 0.25) is 0 Å². The topological polar surface area (TPSA) is 55.1 Å². The van der Waals surface area contributed by atoms with Gasteiger partial charge < -0.3 is 5.11 Å². The first-order chi connectivity index (χ1) is 8.63. The Morgan fingerprint density at radius 3 is 2.89 bits per heavy atom. The van der Waals surface area contributed by atoms with E-state index in [1.165, 1.54) is 0 Å². The molecule has 0 bridgehead atoms. The standard InChI is InChI=1S/C13H13BrN2O2/c1-2-7-16-12(5-6-15-16)10-4-3-9(14)8-11(10)13(17)18/h3-6,8H,2,7H2,1H3,(H,17,18). The number of hydrogen-bond acceptors (Lipinski definition) is 2. The Labute approximate surface area is 113 Å². The lowest BCUT2D eigenvalue weighted by molar-refractivity contribution is 0.0697. The molecule has 0 spiro atoms. The quantitative estimate of drug-likeness (QED) is 0.941. The van der Waals surface area contributed by atoms with E-state index in [1.54, 1.807) is 18.3 Å². The van der Waals surface area contributed by atoms with Gasteiger partial charge in [-0.1, -0.05) is 28.9 Å². The minimum absolute atomic E-state index is 0.280. The number of carboxylic acids is 1. The number of rotatable bonds is 4. The van der Waals surface area contributed by atoms with Crippen LogP contribution in [0, 0.1) is 0 Å². The zero-order valence-electron chi connectivity index (χ0n) is 9.93. The Bertz CT molecular complexity index is 578. The average Bonchev–Trinajstić information content (AvgIpc) is 2.77. The Morgan fingerprint density at radius 2 is 2.22 bits per heavy atom. The second kappa shape index (κ2) is 5.35. The minimum atomic E-state index is -0.935. The van der Waals surface area contributed by atoms with Gasteiger partial charge in [-0.15, -0.1) is 0 Å². The summed E-state index contributed by atoms with van der Waals surface area (Å²) < 4.78 is 2.58. The fraction of sp³-hybridized carbons (Fsp3) is 0.231. The summed E-state index contributed by atoms with van der Waals surface area (Å²) in [6.07, 6.45) is 2.65. The van der Waals surface area contributed by atoms with Gasteiger partial charge in [-0.05, 0) is 24.6 Å². The molecule has 0 saturated heterocycles. The van der Waals surface area contributed by atoms with Crippen molar-refractivity contribution in [1.29, 1.82) is 0 Å². The highest BCUT2D eigenvalue weighted by Crippen LogP contribution is 2.26. The maximum Gasteiger partial charge on any atom is 0.336 e. The van der Waals surface area contributed by atoms with Gasteiger partial charge >= 0.3 is 5.97 Å². The van der Waals surface area contributed by atoms with Gasteiger partial charge in [-0.25, -0.2) is 4.79 Å². The van der Waals surface area contributed by atoms with Crippen LogP contribution in [0.15, 0.2) is 34.9 Å². The summed E-state index contributed by atoms with van der Waals surface area (Å²) in [7, 11) is 0. The molecule has 2 aromatic rings. The van der Waals surface area contributed by atoms with E-state index >= 15 is 0 Å². The Kier molecular flexibility index (Phi) is 3.81. The largest absolute Gasteiger partial charge is 0.478 e. The number of carbonyl (C=O) groups is 1. The van der Waals surface area contributed by atoms with Crippen molar-refractivity contribution in [3.8, 4) is 11.3 Å². The summed E-state index contributed by atoms with van der Waals surface area (Å²) in [5.41, 5.74) is 1.81. The molecule has 2 rings (SSSR count). The van der Waals surface area contributed by atoms with E-state index in [0.29, 0.717) is 5.56 Å². The zero-order chi connectivity index (χ0) is 13.1. The molecule has 0 fully saturated rings. The van der Waals surface area contributed by atoms with Crippen LogP contribution in [0.25, 0.3) is 11.3 Å². The van der Waals surface area contributed by atoms with Gasteiger partial charge in [0.1, 0.15) is 0 Å². The van der Waals surface area contributed by atoms with Gasteiger partial charge in [0, 0.05) is 22.8 Å². The van der Waals surface area contributed by atoms with Crippen LogP contribution >= 0.6 is 15.9 Å². The first-order valence-electron chi connectivity index (χ1n) is 5.68. The summed E-state index contributed by atoms with van der Waals surface area (Å²) in [6, 6.07) is 7.09. The highest BCUT2D eigenvalue weighted by atomic mass is 79.9. The summed E-state index contributed by atoms with van der Waals surface area (Å²) in [5.74, 6) is -0.935. The molecule has 0 aliphatic rings. The summed E-state index contributed by atoms with van der Waals surface area (Å²) >= 11 is 3.29. The van der Waals surface area contributed by atoms with Crippen molar-refractivity contribution in [2.45, 2.75) is 19.9 Å². The smallest absolute Gasteiger partial charge is 0.336 e. The number of aromatic carboxylic acids is 1. The van der Waals surface area contributed by atoms with Crippen molar-refractivity contribution in [3.05, 3.63) is 40.5 Å². The van der Waals surface area contributed by atoms with Gasteiger partial charge in [0.05, 0.1) is 11.3 Å². The zero-order valence-corrected chi connectivity index (χ0v) is 11.5. The molecule has 0 amide bonds. The first kappa shape index (κ1) is 12.8. The Morgan fingerprint density at radius 1 is 1.44 bits per heavy atom. The van der Waals surface area contributed by atoms with E-state index in [0.717, 1.165) is 23.1 Å². The predicted molar refractivity (Wildman–Crippen MR) is 72.6 cm³/mol. The molecule has 0 radical (unpaired) electrons. The van der Waals surface area contributed by atoms with Crippen molar-refractivity contribution in [2.75, 3.05) is 0 Å². The van der Waals surface area contributed by atoms with Crippen molar-refractivity contribution in [1.82, 2.24) is 9.78 Å². The fourth-order valence-corrected chi connectivity index (χ4v) is 2.23. The third-order valence-electron chi connectivity index (χ3n) is 2.64. The van der Waals surface area contributed by atoms with E-state index in [2.05, 4.69) is 28.0 Å². The third-order valence-corrected chi connectivity index (χ3v) is 3.13. The molecule has 1 aromatic carbocycles. The molecule has 0 unspecified atom stereocenters. The molecule has 5 heteroatoms. The Hall–Kier alpha value is -1.62. The lowest BCUT2D eigenvalue weighted by Gasteiger charge is -2.09. The van der Waals surface area contributed by atoms with Crippen LogP contribution in [0.3, 0.4) is 0 Å². The fourth-order valence-electron chi connectivity index (χ4n) is 1.87. The number of hydrogen-bond donors (Lipinski definition) is 1. The molecule has 4 nitrogen and oxygen atoms in total. The number of carboxylic acid groups (broad SMARTS) is 1. The lowest BCUT2D eigenvalue weighted by atomic mass is 10.0. The second-order valence-corrected chi connectivity index (χ2v) is 4.85. The Balaban J connectivity index is 2.56. The summed E-state index contributed by atoms with van der Waals surface area (Å²) in [4.78, 5) is 11.3. The van der Waals surface area contributed by atoms with Gasteiger partial charge in [-0.3, -0.25) is 4.68 Å². The summed E-state index contributed by atoms with van der Waals surface area (Å²) in [6.45, 7) is 2.84. The van der Waals surface area contributed by atoms with Crippen LogP contribution < -0.4 is 0 Å². The molecule has 0 aliphatic carbocycles. The number of benzene rings is 1. The number of aromatic nitrogens is 2. The van der Waals surface area contributed by atoms with Crippen LogP contribution in [0.1, 0.15) is 23.7 Å². The molecule has 0 saturated carbocycles. The molecule has 1 N–H and O–H groups in total. The normalized spacial score (nSPS) is 10.6. The molecular formula is C13H13BrN2O2.